The van der Waals surface area contributed by atoms with Gasteiger partial charge in [0.15, 0.2) is 11.5 Å². The van der Waals surface area contributed by atoms with Crippen LogP contribution < -0.4 is 14.2 Å². The lowest BCUT2D eigenvalue weighted by atomic mass is 9.89. The van der Waals surface area contributed by atoms with E-state index in [-0.39, 0.29) is 18.6 Å². The number of rotatable bonds is 2. The first-order chi connectivity index (χ1) is 11.2. The average molecular weight is 311 g/mol. The number of aliphatic imine (C=N–C) groups is 1. The summed E-state index contributed by atoms with van der Waals surface area (Å²) in [4.78, 5) is 4.77. The van der Waals surface area contributed by atoms with Crippen molar-refractivity contribution in [3.8, 4) is 23.0 Å². The molecule has 4 rings (SSSR count). The first-order valence-electron chi connectivity index (χ1n) is 7.55. The predicted octanol–water partition coefficient (Wildman–Crippen LogP) is 2.91. The Kier molecular flexibility index (Phi) is 3.15. The minimum Gasteiger partial charge on any atom is -0.507 e. The molecule has 1 atom stereocenters. The van der Waals surface area contributed by atoms with E-state index in [0.717, 1.165) is 23.3 Å². The Bertz CT molecular complexity index is 813. The molecule has 5 heteroatoms. The molecule has 1 N–H and O–H groups in total. The molecule has 2 aromatic carbocycles. The van der Waals surface area contributed by atoms with Crippen LogP contribution in [0.15, 0.2) is 35.3 Å². The number of ether oxygens (including phenoxy) is 3. The number of phenols is 1. The highest BCUT2D eigenvalue weighted by atomic mass is 16.7. The van der Waals surface area contributed by atoms with Gasteiger partial charge < -0.3 is 19.3 Å². The third-order valence-electron chi connectivity index (χ3n) is 4.17. The molecule has 2 aliphatic heterocycles. The summed E-state index contributed by atoms with van der Waals surface area (Å²) in [5.74, 6) is 2.12. The molecule has 118 valence electrons. The Morgan fingerprint density at radius 1 is 1.22 bits per heavy atom. The van der Waals surface area contributed by atoms with Crippen LogP contribution in [0.1, 0.15) is 23.6 Å². The topological polar surface area (TPSA) is 60.3 Å². The SMILES string of the molecule is COc1cc2c(c3c1OCO3)C(c1ccccc1O)=NC(C)C2. The van der Waals surface area contributed by atoms with Gasteiger partial charge in [-0.3, -0.25) is 4.99 Å². The van der Waals surface area contributed by atoms with Crippen molar-refractivity contribution in [2.75, 3.05) is 13.9 Å². The van der Waals surface area contributed by atoms with Crippen LogP contribution in [0.2, 0.25) is 0 Å². The molecule has 2 aromatic rings. The van der Waals surface area contributed by atoms with Gasteiger partial charge in [0.05, 0.1) is 24.4 Å². The maximum absolute atomic E-state index is 10.2. The quantitative estimate of drug-likeness (QED) is 0.926. The molecule has 0 saturated carbocycles. The molecular formula is C18H17NO4. The van der Waals surface area contributed by atoms with Crippen LogP contribution in [-0.2, 0) is 6.42 Å². The summed E-state index contributed by atoms with van der Waals surface area (Å²) in [7, 11) is 1.62. The standard InChI is InChI=1S/C18H17NO4/c1-10-7-11-8-14(21-2)17-18(23-9-22-17)15(11)16(19-10)12-5-3-4-6-13(12)20/h3-6,8,10,20H,7,9H2,1-2H3. The number of aromatic hydroxyl groups is 1. The normalized spacial score (nSPS) is 18.3. The maximum Gasteiger partial charge on any atom is 0.231 e. The van der Waals surface area contributed by atoms with Gasteiger partial charge >= 0.3 is 0 Å². The van der Waals surface area contributed by atoms with E-state index < -0.39 is 0 Å². The van der Waals surface area contributed by atoms with Crippen molar-refractivity contribution >= 4 is 5.71 Å². The summed E-state index contributed by atoms with van der Waals surface area (Å²) in [5.41, 5.74) is 3.41. The van der Waals surface area contributed by atoms with Gasteiger partial charge in [0.1, 0.15) is 5.75 Å². The third kappa shape index (κ3) is 2.11. The number of fused-ring (bicyclic) bond motifs is 3. The Morgan fingerprint density at radius 2 is 2.00 bits per heavy atom. The van der Waals surface area contributed by atoms with Crippen LogP contribution in [0.3, 0.4) is 0 Å². The molecule has 2 aliphatic rings. The van der Waals surface area contributed by atoms with Gasteiger partial charge in [0, 0.05) is 5.56 Å². The zero-order valence-electron chi connectivity index (χ0n) is 13.0. The van der Waals surface area contributed by atoms with Crippen molar-refractivity contribution in [2.45, 2.75) is 19.4 Å². The fraction of sp³-hybridized carbons (Fsp3) is 0.278. The largest absolute Gasteiger partial charge is 0.507 e. The fourth-order valence-corrected chi connectivity index (χ4v) is 3.19. The Balaban J connectivity index is 1.98. The van der Waals surface area contributed by atoms with E-state index >= 15 is 0 Å². The molecule has 0 aliphatic carbocycles. The molecular weight excluding hydrogens is 294 g/mol. The first-order valence-corrected chi connectivity index (χ1v) is 7.55. The minimum atomic E-state index is 0.113. The van der Waals surface area contributed by atoms with Crippen LogP contribution >= 0.6 is 0 Å². The van der Waals surface area contributed by atoms with Crippen molar-refractivity contribution in [3.05, 3.63) is 47.0 Å². The molecule has 0 amide bonds. The van der Waals surface area contributed by atoms with Crippen molar-refractivity contribution in [1.29, 1.82) is 0 Å². The number of phenolic OH excluding ortho intramolecular Hbond substituents is 1. The van der Waals surface area contributed by atoms with Gasteiger partial charge in [0.2, 0.25) is 12.5 Å². The summed E-state index contributed by atoms with van der Waals surface area (Å²) in [5, 5.41) is 10.2. The molecule has 0 radical (unpaired) electrons. The van der Waals surface area contributed by atoms with Crippen LogP contribution in [0.5, 0.6) is 23.0 Å². The van der Waals surface area contributed by atoms with E-state index in [4.69, 9.17) is 19.2 Å². The van der Waals surface area contributed by atoms with Gasteiger partial charge in [-0.2, -0.15) is 0 Å². The van der Waals surface area contributed by atoms with Gasteiger partial charge in [-0.15, -0.1) is 0 Å². The predicted molar refractivity (Wildman–Crippen MR) is 86.0 cm³/mol. The second kappa shape index (κ2) is 5.19. The van der Waals surface area contributed by atoms with Crippen molar-refractivity contribution in [1.82, 2.24) is 0 Å². The van der Waals surface area contributed by atoms with E-state index in [2.05, 4.69) is 6.92 Å². The van der Waals surface area contributed by atoms with Crippen molar-refractivity contribution in [3.63, 3.8) is 0 Å². The molecule has 1 unspecified atom stereocenters. The number of para-hydroxylation sites is 1. The van der Waals surface area contributed by atoms with Gasteiger partial charge in [0.25, 0.3) is 0 Å². The molecule has 2 heterocycles. The van der Waals surface area contributed by atoms with Crippen LogP contribution in [0.4, 0.5) is 0 Å². The number of hydrogen-bond donors (Lipinski definition) is 1. The molecule has 5 nitrogen and oxygen atoms in total. The Morgan fingerprint density at radius 3 is 2.78 bits per heavy atom. The zero-order chi connectivity index (χ0) is 16.0. The zero-order valence-corrected chi connectivity index (χ0v) is 13.0. The van der Waals surface area contributed by atoms with E-state index in [9.17, 15) is 5.11 Å². The van der Waals surface area contributed by atoms with Crippen molar-refractivity contribution < 1.29 is 19.3 Å². The summed E-state index contributed by atoms with van der Waals surface area (Å²) in [6.07, 6.45) is 0.791. The Hall–Kier alpha value is -2.69. The van der Waals surface area contributed by atoms with Crippen LogP contribution in [0.25, 0.3) is 0 Å². The molecule has 0 fully saturated rings. The molecule has 23 heavy (non-hydrogen) atoms. The van der Waals surface area contributed by atoms with Crippen LogP contribution in [0, 0.1) is 0 Å². The number of methoxy groups -OCH3 is 1. The second-order valence-corrected chi connectivity index (χ2v) is 5.73. The van der Waals surface area contributed by atoms with E-state index in [1.807, 2.05) is 18.2 Å². The van der Waals surface area contributed by atoms with Crippen molar-refractivity contribution in [2.24, 2.45) is 4.99 Å². The fourth-order valence-electron chi connectivity index (χ4n) is 3.19. The highest BCUT2D eigenvalue weighted by Crippen LogP contribution is 2.47. The van der Waals surface area contributed by atoms with Gasteiger partial charge in [-0.05, 0) is 37.1 Å². The summed E-state index contributed by atoms with van der Waals surface area (Å²) < 4.78 is 16.7. The number of nitrogens with zero attached hydrogens (tertiary/aromatic N) is 1. The first kappa shape index (κ1) is 13.9. The lowest BCUT2D eigenvalue weighted by Crippen LogP contribution is -2.20. The number of benzene rings is 2. The Labute approximate surface area is 134 Å². The lowest BCUT2D eigenvalue weighted by Gasteiger charge is -2.24. The van der Waals surface area contributed by atoms with Gasteiger partial charge in [-0.1, -0.05) is 12.1 Å². The molecule has 0 bridgehead atoms. The summed E-state index contributed by atoms with van der Waals surface area (Å²) in [6, 6.07) is 9.30. The summed E-state index contributed by atoms with van der Waals surface area (Å²) >= 11 is 0. The average Bonchev–Trinajstić information content (AvgIpc) is 3.03. The monoisotopic (exact) mass is 311 g/mol. The minimum absolute atomic E-state index is 0.113. The molecule has 0 aromatic heterocycles. The smallest absolute Gasteiger partial charge is 0.231 e. The van der Waals surface area contributed by atoms with Crippen LogP contribution in [-0.4, -0.2) is 30.8 Å². The lowest BCUT2D eigenvalue weighted by molar-refractivity contribution is 0.171. The third-order valence-corrected chi connectivity index (χ3v) is 4.17. The highest BCUT2D eigenvalue weighted by Gasteiger charge is 2.32. The number of hydrogen-bond acceptors (Lipinski definition) is 5. The second-order valence-electron chi connectivity index (χ2n) is 5.73. The summed E-state index contributed by atoms with van der Waals surface area (Å²) in [6.45, 7) is 2.21. The van der Waals surface area contributed by atoms with E-state index in [0.29, 0.717) is 22.8 Å². The van der Waals surface area contributed by atoms with Gasteiger partial charge in [-0.25, -0.2) is 0 Å². The molecule has 0 saturated heterocycles. The molecule has 0 spiro atoms. The van der Waals surface area contributed by atoms with E-state index in [1.54, 1.807) is 19.2 Å². The maximum atomic E-state index is 10.2. The highest BCUT2D eigenvalue weighted by molar-refractivity contribution is 6.18. The van der Waals surface area contributed by atoms with E-state index in [1.165, 1.54) is 0 Å².